The first-order chi connectivity index (χ1) is 8.75. The van der Waals surface area contributed by atoms with Crippen LogP contribution in [0.25, 0.3) is 10.9 Å². The zero-order valence-electron chi connectivity index (χ0n) is 10.1. The maximum atomic E-state index is 12.3. The van der Waals surface area contributed by atoms with Gasteiger partial charge in [-0.3, -0.25) is 4.79 Å². The van der Waals surface area contributed by atoms with E-state index in [-0.39, 0.29) is 5.78 Å². The zero-order chi connectivity index (χ0) is 12.5. The monoisotopic (exact) mass is 235 g/mol. The highest BCUT2D eigenvalue weighted by Gasteiger charge is 2.09. The third kappa shape index (κ3) is 1.72. The molecule has 0 aliphatic rings. The molecule has 1 heterocycles. The summed E-state index contributed by atoms with van der Waals surface area (Å²) < 4.78 is 2.05. The molecule has 0 unspecified atom stereocenters. The van der Waals surface area contributed by atoms with Gasteiger partial charge in [-0.25, -0.2) is 0 Å². The van der Waals surface area contributed by atoms with Crippen molar-refractivity contribution in [1.29, 1.82) is 0 Å². The highest BCUT2D eigenvalue weighted by Crippen LogP contribution is 2.18. The normalized spacial score (nSPS) is 10.7. The lowest BCUT2D eigenvalue weighted by Gasteiger charge is -2.02. The van der Waals surface area contributed by atoms with E-state index >= 15 is 0 Å². The first-order valence-corrected chi connectivity index (χ1v) is 5.90. The van der Waals surface area contributed by atoms with Gasteiger partial charge in [-0.05, 0) is 24.3 Å². The van der Waals surface area contributed by atoms with Crippen LogP contribution in [0.5, 0.6) is 0 Å². The van der Waals surface area contributed by atoms with E-state index in [0.717, 1.165) is 22.0 Å². The van der Waals surface area contributed by atoms with Crippen molar-refractivity contribution in [3.05, 3.63) is 71.9 Å². The van der Waals surface area contributed by atoms with Gasteiger partial charge in [0.15, 0.2) is 5.78 Å². The van der Waals surface area contributed by atoms with E-state index in [1.165, 1.54) is 0 Å². The van der Waals surface area contributed by atoms with Crippen molar-refractivity contribution >= 4 is 16.7 Å². The summed E-state index contributed by atoms with van der Waals surface area (Å²) in [4.78, 5) is 12.3. The summed E-state index contributed by atoms with van der Waals surface area (Å²) in [7, 11) is 2.00. The van der Waals surface area contributed by atoms with Crippen LogP contribution in [-0.2, 0) is 7.05 Å². The average Bonchev–Trinajstić information content (AvgIpc) is 2.80. The van der Waals surface area contributed by atoms with Crippen LogP contribution in [-0.4, -0.2) is 10.4 Å². The number of hydrogen-bond donors (Lipinski definition) is 0. The highest BCUT2D eigenvalue weighted by molar-refractivity contribution is 6.10. The first kappa shape index (κ1) is 10.8. The second-order valence-corrected chi connectivity index (χ2v) is 4.40. The van der Waals surface area contributed by atoms with Gasteiger partial charge >= 0.3 is 0 Å². The van der Waals surface area contributed by atoms with Crippen LogP contribution in [0.2, 0.25) is 0 Å². The minimum absolute atomic E-state index is 0.0707. The van der Waals surface area contributed by atoms with E-state index in [1.807, 2.05) is 72.4 Å². The fourth-order valence-corrected chi connectivity index (χ4v) is 2.18. The summed E-state index contributed by atoms with van der Waals surface area (Å²) in [6, 6.07) is 17.2. The number of nitrogens with zero attached hydrogens (tertiary/aromatic N) is 1. The van der Waals surface area contributed by atoms with Crippen molar-refractivity contribution in [3.8, 4) is 0 Å². The van der Waals surface area contributed by atoms with Crippen molar-refractivity contribution in [2.45, 2.75) is 0 Å². The SMILES string of the molecule is Cn1ccc2cc(C(=O)c3ccccc3)ccc21. The molecule has 0 saturated heterocycles. The molecule has 1 aromatic heterocycles. The van der Waals surface area contributed by atoms with Gasteiger partial charge in [0, 0.05) is 35.3 Å². The third-order valence-electron chi connectivity index (χ3n) is 3.18. The van der Waals surface area contributed by atoms with E-state index in [4.69, 9.17) is 0 Å². The number of rotatable bonds is 2. The Balaban J connectivity index is 2.07. The standard InChI is InChI=1S/C16H13NO/c1-17-10-9-13-11-14(7-8-15(13)17)16(18)12-5-3-2-4-6-12/h2-11H,1H3. The van der Waals surface area contributed by atoms with Gasteiger partial charge in [0.1, 0.15) is 0 Å². The molecular formula is C16H13NO. The van der Waals surface area contributed by atoms with E-state index < -0.39 is 0 Å². The lowest BCUT2D eigenvalue weighted by atomic mass is 10.0. The number of benzene rings is 2. The van der Waals surface area contributed by atoms with Gasteiger partial charge in [-0.1, -0.05) is 30.3 Å². The number of aryl methyl sites for hydroxylation is 1. The van der Waals surface area contributed by atoms with E-state index in [2.05, 4.69) is 0 Å². The molecule has 88 valence electrons. The van der Waals surface area contributed by atoms with E-state index in [1.54, 1.807) is 0 Å². The molecule has 3 rings (SSSR count). The van der Waals surface area contributed by atoms with Gasteiger partial charge < -0.3 is 4.57 Å². The number of carbonyl (C=O) groups excluding carboxylic acids is 1. The van der Waals surface area contributed by atoms with Gasteiger partial charge in [-0.2, -0.15) is 0 Å². The number of carbonyl (C=O) groups is 1. The lowest BCUT2D eigenvalue weighted by molar-refractivity contribution is 0.103. The zero-order valence-corrected chi connectivity index (χ0v) is 10.1. The Morgan fingerprint density at radius 3 is 2.50 bits per heavy atom. The molecule has 0 aliphatic heterocycles. The second-order valence-electron chi connectivity index (χ2n) is 4.40. The molecule has 0 aliphatic carbocycles. The molecule has 2 heteroatoms. The Hall–Kier alpha value is -2.35. The topological polar surface area (TPSA) is 22.0 Å². The van der Waals surface area contributed by atoms with Crippen LogP contribution in [0.15, 0.2) is 60.8 Å². The quantitative estimate of drug-likeness (QED) is 0.624. The Kier molecular flexibility index (Phi) is 2.49. The molecule has 2 aromatic carbocycles. The Morgan fingerprint density at radius 1 is 0.944 bits per heavy atom. The van der Waals surface area contributed by atoms with Gasteiger partial charge in [-0.15, -0.1) is 0 Å². The Bertz CT molecular complexity index is 710. The minimum Gasteiger partial charge on any atom is -0.351 e. The number of aromatic nitrogens is 1. The average molecular weight is 235 g/mol. The van der Waals surface area contributed by atoms with Crippen LogP contribution in [0.3, 0.4) is 0 Å². The summed E-state index contributed by atoms with van der Waals surface area (Å²) in [5.74, 6) is 0.0707. The van der Waals surface area contributed by atoms with Gasteiger partial charge in [0.05, 0.1) is 0 Å². The van der Waals surface area contributed by atoms with Gasteiger partial charge in [0.25, 0.3) is 0 Å². The number of ketones is 1. The van der Waals surface area contributed by atoms with Crippen molar-refractivity contribution in [3.63, 3.8) is 0 Å². The second kappa shape index (κ2) is 4.15. The molecule has 0 N–H and O–H groups in total. The summed E-state index contributed by atoms with van der Waals surface area (Å²) in [5.41, 5.74) is 2.60. The maximum Gasteiger partial charge on any atom is 0.193 e. The molecule has 0 bridgehead atoms. The predicted octanol–water partition coefficient (Wildman–Crippen LogP) is 3.41. The third-order valence-corrected chi connectivity index (χ3v) is 3.18. The van der Waals surface area contributed by atoms with Gasteiger partial charge in [0.2, 0.25) is 0 Å². The summed E-state index contributed by atoms with van der Waals surface area (Å²) in [5, 5.41) is 1.10. The summed E-state index contributed by atoms with van der Waals surface area (Å²) in [6.45, 7) is 0. The van der Waals surface area contributed by atoms with E-state index in [9.17, 15) is 4.79 Å². The largest absolute Gasteiger partial charge is 0.351 e. The Morgan fingerprint density at radius 2 is 1.72 bits per heavy atom. The number of fused-ring (bicyclic) bond motifs is 1. The smallest absolute Gasteiger partial charge is 0.193 e. The van der Waals surface area contributed by atoms with Crippen LogP contribution < -0.4 is 0 Å². The fraction of sp³-hybridized carbons (Fsp3) is 0.0625. The molecule has 0 spiro atoms. The molecule has 0 amide bonds. The fourth-order valence-electron chi connectivity index (χ4n) is 2.18. The van der Waals surface area contributed by atoms with E-state index in [0.29, 0.717) is 0 Å². The van der Waals surface area contributed by atoms with Crippen molar-refractivity contribution in [1.82, 2.24) is 4.57 Å². The molecular weight excluding hydrogens is 222 g/mol. The summed E-state index contributed by atoms with van der Waals surface area (Å²) in [6.07, 6.45) is 2.00. The Labute approximate surface area is 105 Å². The predicted molar refractivity (Wildman–Crippen MR) is 72.8 cm³/mol. The number of hydrogen-bond acceptors (Lipinski definition) is 1. The molecule has 18 heavy (non-hydrogen) atoms. The molecule has 3 aromatic rings. The van der Waals surface area contributed by atoms with Crippen LogP contribution >= 0.6 is 0 Å². The summed E-state index contributed by atoms with van der Waals surface area (Å²) >= 11 is 0. The highest BCUT2D eigenvalue weighted by atomic mass is 16.1. The van der Waals surface area contributed by atoms with Crippen molar-refractivity contribution in [2.75, 3.05) is 0 Å². The van der Waals surface area contributed by atoms with Crippen molar-refractivity contribution in [2.24, 2.45) is 7.05 Å². The molecule has 2 nitrogen and oxygen atoms in total. The lowest BCUT2D eigenvalue weighted by Crippen LogP contribution is -2.00. The molecule has 0 atom stereocenters. The van der Waals surface area contributed by atoms with Crippen molar-refractivity contribution < 1.29 is 4.79 Å². The van der Waals surface area contributed by atoms with Crippen LogP contribution in [0.1, 0.15) is 15.9 Å². The molecule has 0 saturated carbocycles. The molecule has 0 radical (unpaired) electrons. The first-order valence-electron chi connectivity index (χ1n) is 5.90. The molecule has 0 fully saturated rings. The van der Waals surface area contributed by atoms with Crippen LogP contribution in [0, 0.1) is 0 Å². The van der Waals surface area contributed by atoms with Crippen LogP contribution in [0.4, 0.5) is 0 Å². The minimum atomic E-state index is 0.0707. The maximum absolute atomic E-state index is 12.3.